The molecular weight excluding hydrogens is 516 g/mol. The Labute approximate surface area is 224 Å². The summed E-state index contributed by atoms with van der Waals surface area (Å²) in [7, 11) is 0.430. The highest BCUT2D eigenvalue weighted by atomic mass is 35.5. The lowest BCUT2D eigenvalue weighted by molar-refractivity contribution is 0.0986. The third kappa shape index (κ3) is 6.26. The number of sulfonamides is 1. The number of para-hydroxylation sites is 1. The molecule has 1 aliphatic rings. The Kier molecular flexibility index (Phi) is 9.88. The van der Waals surface area contributed by atoms with Crippen molar-refractivity contribution in [3.05, 3.63) is 54.1 Å². The molecule has 2 aromatic carbocycles. The van der Waals surface area contributed by atoms with Crippen molar-refractivity contribution in [1.82, 2.24) is 14.2 Å². The Morgan fingerprint density at radius 3 is 2.47 bits per heavy atom. The Bertz CT molecular complexity index is 1230. The standard InChI is InChI=1S/C26H34N4O3S2.ClH/c1-4-21-10-7-8-19-30(21)35(32,33)22-15-13-20(14-16-22)25(31)29(18-9-17-28(2)3)26-27-23-11-5-6-12-24(23)34-26;/h5-6,11-16,21H,4,7-10,17-19H2,1-3H3;1H. The minimum Gasteiger partial charge on any atom is -0.309 e. The van der Waals surface area contributed by atoms with Gasteiger partial charge in [0.05, 0.1) is 15.1 Å². The van der Waals surface area contributed by atoms with Crippen molar-refractivity contribution in [3.8, 4) is 0 Å². The van der Waals surface area contributed by atoms with Gasteiger partial charge in [0.1, 0.15) is 0 Å². The van der Waals surface area contributed by atoms with Crippen LogP contribution in [0.5, 0.6) is 0 Å². The number of piperidine rings is 1. The van der Waals surface area contributed by atoms with Gasteiger partial charge in [-0.2, -0.15) is 4.31 Å². The SMILES string of the molecule is CCC1CCCCN1S(=O)(=O)c1ccc(C(=O)N(CCCN(C)C)c2nc3ccccc3s2)cc1.Cl. The predicted octanol–water partition coefficient (Wildman–Crippen LogP) is 5.27. The zero-order valence-corrected chi connectivity index (χ0v) is 23.5. The number of rotatable bonds is 9. The molecule has 3 aromatic rings. The highest BCUT2D eigenvalue weighted by molar-refractivity contribution is 7.89. The normalized spacial score (nSPS) is 16.7. The summed E-state index contributed by atoms with van der Waals surface area (Å²) < 4.78 is 29.3. The Balaban J connectivity index is 0.00000361. The Hall–Kier alpha value is -2.04. The third-order valence-electron chi connectivity index (χ3n) is 6.50. The topological polar surface area (TPSA) is 73.8 Å². The first-order chi connectivity index (χ1) is 16.8. The summed E-state index contributed by atoms with van der Waals surface area (Å²) in [6, 6.07) is 14.3. The molecule has 36 heavy (non-hydrogen) atoms. The number of hydrogen-bond acceptors (Lipinski definition) is 6. The molecule has 2 heterocycles. The summed E-state index contributed by atoms with van der Waals surface area (Å²) in [5, 5.41) is 0.658. The van der Waals surface area contributed by atoms with Crippen LogP contribution in [0.15, 0.2) is 53.4 Å². The lowest BCUT2D eigenvalue weighted by Gasteiger charge is -2.34. The molecule has 196 valence electrons. The number of carbonyl (C=O) groups excluding carboxylic acids is 1. The van der Waals surface area contributed by atoms with Gasteiger partial charge in [0.15, 0.2) is 5.13 Å². The van der Waals surface area contributed by atoms with Crippen molar-refractivity contribution in [1.29, 1.82) is 0 Å². The van der Waals surface area contributed by atoms with Crippen molar-refractivity contribution in [2.45, 2.75) is 50.0 Å². The molecule has 0 bridgehead atoms. The third-order valence-corrected chi connectivity index (χ3v) is 9.52. The molecule has 1 amide bonds. The first kappa shape index (κ1) is 28.5. The number of amides is 1. The molecule has 0 N–H and O–H groups in total. The van der Waals surface area contributed by atoms with Gasteiger partial charge in [0, 0.05) is 24.7 Å². The van der Waals surface area contributed by atoms with Gasteiger partial charge in [0.25, 0.3) is 5.91 Å². The van der Waals surface area contributed by atoms with Crippen LogP contribution >= 0.6 is 23.7 Å². The molecule has 0 aliphatic carbocycles. The van der Waals surface area contributed by atoms with Crippen molar-refractivity contribution >= 4 is 55.0 Å². The Morgan fingerprint density at radius 2 is 1.81 bits per heavy atom. The van der Waals surface area contributed by atoms with E-state index in [0.717, 1.165) is 48.9 Å². The lowest BCUT2D eigenvalue weighted by Crippen LogP contribution is -2.43. The summed E-state index contributed by atoms with van der Waals surface area (Å²) in [5.74, 6) is -0.170. The van der Waals surface area contributed by atoms with Crippen molar-refractivity contribution in [2.75, 3.05) is 38.6 Å². The summed E-state index contributed by atoms with van der Waals surface area (Å²) in [6.45, 7) is 3.97. The number of hydrogen-bond donors (Lipinski definition) is 0. The fourth-order valence-corrected chi connectivity index (χ4v) is 7.32. The monoisotopic (exact) mass is 550 g/mol. The first-order valence-corrected chi connectivity index (χ1v) is 14.5. The summed E-state index contributed by atoms with van der Waals surface area (Å²) in [6.07, 6.45) is 4.45. The Morgan fingerprint density at radius 1 is 1.08 bits per heavy atom. The highest BCUT2D eigenvalue weighted by Crippen LogP contribution is 2.31. The van der Waals surface area contributed by atoms with E-state index in [1.165, 1.54) is 11.3 Å². The summed E-state index contributed by atoms with van der Waals surface area (Å²) in [5.41, 5.74) is 1.32. The highest BCUT2D eigenvalue weighted by Gasteiger charge is 2.32. The van der Waals surface area contributed by atoms with Gasteiger partial charge < -0.3 is 4.90 Å². The van der Waals surface area contributed by atoms with Crippen LogP contribution in [0.25, 0.3) is 10.2 Å². The first-order valence-electron chi connectivity index (χ1n) is 12.3. The number of nitrogens with zero attached hydrogens (tertiary/aromatic N) is 4. The van der Waals surface area contributed by atoms with Crippen LogP contribution in [-0.4, -0.2) is 68.3 Å². The number of halogens is 1. The van der Waals surface area contributed by atoms with Crippen LogP contribution in [0, 0.1) is 0 Å². The van der Waals surface area contributed by atoms with Gasteiger partial charge in [-0.15, -0.1) is 12.4 Å². The fraction of sp³-hybridized carbons (Fsp3) is 0.462. The van der Waals surface area contributed by atoms with Gasteiger partial charge in [0.2, 0.25) is 10.0 Å². The van der Waals surface area contributed by atoms with E-state index in [-0.39, 0.29) is 29.3 Å². The van der Waals surface area contributed by atoms with Crippen LogP contribution in [0.4, 0.5) is 5.13 Å². The van der Waals surface area contributed by atoms with E-state index in [0.29, 0.717) is 23.8 Å². The number of thiazole rings is 1. The lowest BCUT2D eigenvalue weighted by atomic mass is 10.0. The average Bonchev–Trinajstić information content (AvgIpc) is 3.30. The van der Waals surface area contributed by atoms with Crippen molar-refractivity contribution < 1.29 is 13.2 Å². The molecule has 1 saturated heterocycles. The molecule has 0 radical (unpaired) electrons. The van der Waals surface area contributed by atoms with E-state index < -0.39 is 10.0 Å². The molecule has 1 unspecified atom stereocenters. The van der Waals surface area contributed by atoms with E-state index in [1.54, 1.807) is 33.5 Å². The maximum atomic E-state index is 13.6. The van der Waals surface area contributed by atoms with Crippen LogP contribution in [0.3, 0.4) is 0 Å². The van der Waals surface area contributed by atoms with Gasteiger partial charge in [-0.05, 0) is 82.7 Å². The van der Waals surface area contributed by atoms with Crippen LogP contribution in [0.2, 0.25) is 0 Å². The predicted molar refractivity (Wildman–Crippen MR) is 150 cm³/mol. The number of fused-ring (bicyclic) bond motifs is 1. The smallest absolute Gasteiger partial charge is 0.260 e. The number of anilines is 1. The van der Waals surface area contributed by atoms with Crippen LogP contribution < -0.4 is 4.90 Å². The van der Waals surface area contributed by atoms with E-state index in [4.69, 9.17) is 4.98 Å². The zero-order chi connectivity index (χ0) is 25.0. The van der Waals surface area contributed by atoms with E-state index >= 15 is 0 Å². The maximum Gasteiger partial charge on any atom is 0.260 e. The molecule has 0 saturated carbocycles. The summed E-state index contributed by atoms with van der Waals surface area (Å²) >= 11 is 1.49. The van der Waals surface area contributed by atoms with Crippen LogP contribution in [-0.2, 0) is 10.0 Å². The van der Waals surface area contributed by atoms with E-state index in [2.05, 4.69) is 4.90 Å². The molecule has 4 rings (SSSR count). The molecule has 1 atom stereocenters. The average molecular weight is 551 g/mol. The van der Waals surface area contributed by atoms with Gasteiger partial charge in [-0.3, -0.25) is 9.69 Å². The minimum atomic E-state index is -3.59. The second-order valence-corrected chi connectivity index (χ2v) is 12.2. The molecule has 7 nitrogen and oxygen atoms in total. The molecule has 1 fully saturated rings. The van der Waals surface area contributed by atoms with Crippen LogP contribution in [0.1, 0.15) is 49.4 Å². The number of aromatic nitrogens is 1. The van der Waals surface area contributed by atoms with Gasteiger partial charge >= 0.3 is 0 Å². The largest absolute Gasteiger partial charge is 0.309 e. The van der Waals surface area contributed by atoms with Crippen molar-refractivity contribution in [2.24, 2.45) is 0 Å². The second-order valence-electron chi connectivity index (χ2n) is 9.28. The molecule has 1 aliphatic heterocycles. The molecule has 1 aromatic heterocycles. The molecule has 0 spiro atoms. The number of carbonyl (C=O) groups is 1. The zero-order valence-electron chi connectivity index (χ0n) is 21.1. The maximum absolute atomic E-state index is 13.6. The van der Waals surface area contributed by atoms with Crippen molar-refractivity contribution in [3.63, 3.8) is 0 Å². The molecule has 10 heteroatoms. The van der Waals surface area contributed by atoms with Gasteiger partial charge in [-0.1, -0.05) is 36.8 Å². The van der Waals surface area contributed by atoms with Gasteiger partial charge in [-0.25, -0.2) is 13.4 Å². The summed E-state index contributed by atoms with van der Waals surface area (Å²) in [4.78, 5) is 22.3. The second kappa shape index (κ2) is 12.5. The quantitative estimate of drug-likeness (QED) is 0.363. The minimum absolute atomic E-state index is 0. The fourth-order valence-electron chi connectivity index (χ4n) is 4.56. The molecular formula is C26H35ClN4O3S2. The number of benzene rings is 2. The van der Waals surface area contributed by atoms with E-state index in [9.17, 15) is 13.2 Å². The van der Waals surface area contributed by atoms with E-state index in [1.807, 2.05) is 45.3 Å².